The van der Waals surface area contributed by atoms with Gasteiger partial charge in [-0.3, -0.25) is 4.40 Å². The van der Waals surface area contributed by atoms with Gasteiger partial charge in [0.1, 0.15) is 5.82 Å². The van der Waals surface area contributed by atoms with Crippen molar-refractivity contribution in [2.45, 2.75) is 12.5 Å². The summed E-state index contributed by atoms with van der Waals surface area (Å²) < 4.78 is 1.96. The molecule has 1 fully saturated rings. The molecule has 1 aliphatic heterocycles. The summed E-state index contributed by atoms with van der Waals surface area (Å²) in [5.41, 5.74) is 0. The van der Waals surface area contributed by atoms with Gasteiger partial charge in [-0.2, -0.15) is 11.8 Å². The highest BCUT2D eigenvalue weighted by atomic mass is 32.2. The summed E-state index contributed by atoms with van der Waals surface area (Å²) in [4.78, 5) is 4.16. The van der Waals surface area contributed by atoms with Crippen LogP contribution in [0.5, 0.6) is 0 Å². The minimum absolute atomic E-state index is 0.506. The summed E-state index contributed by atoms with van der Waals surface area (Å²) in [5, 5.41) is 11.7. The number of hydrogen-bond acceptors (Lipinski definition) is 5. The second kappa shape index (κ2) is 4.39. The van der Waals surface area contributed by atoms with Gasteiger partial charge in [0.15, 0.2) is 0 Å². The van der Waals surface area contributed by atoms with Gasteiger partial charge in [0.25, 0.3) is 5.78 Å². The summed E-state index contributed by atoms with van der Waals surface area (Å²) in [6, 6.07) is 2.41. The molecule has 2 aromatic rings. The Morgan fingerprint density at radius 2 is 2.50 bits per heavy atom. The molecule has 3 heterocycles. The Kier molecular flexibility index (Phi) is 2.75. The van der Waals surface area contributed by atoms with Crippen molar-refractivity contribution in [2.24, 2.45) is 0 Å². The van der Waals surface area contributed by atoms with Crippen LogP contribution < -0.4 is 5.32 Å². The molecule has 0 amide bonds. The molecular weight excluding hydrogens is 222 g/mol. The third-order valence-electron chi connectivity index (χ3n) is 2.69. The second-order valence-electron chi connectivity index (χ2n) is 3.84. The van der Waals surface area contributed by atoms with E-state index in [1.807, 2.05) is 28.4 Å². The standard InChI is InChI=1S/C10H13N5S/c1-2-12-10-14-13-9(15(10)4-1)6-8-7-16-5-3-11-8/h1-2,4,8,11H,3,5-7H2. The van der Waals surface area contributed by atoms with Crippen LogP contribution in [0.3, 0.4) is 0 Å². The number of aromatic nitrogens is 4. The number of hydrogen-bond donors (Lipinski definition) is 1. The van der Waals surface area contributed by atoms with Crippen LogP contribution in [0.15, 0.2) is 18.5 Å². The summed E-state index contributed by atoms with van der Waals surface area (Å²) in [5.74, 6) is 4.03. The van der Waals surface area contributed by atoms with Gasteiger partial charge in [-0.15, -0.1) is 10.2 Å². The van der Waals surface area contributed by atoms with Crippen LogP contribution in [0.1, 0.15) is 5.82 Å². The highest BCUT2D eigenvalue weighted by Crippen LogP contribution is 2.11. The summed E-state index contributed by atoms with van der Waals surface area (Å²) in [6.07, 6.45) is 4.62. The molecule has 1 aliphatic rings. The Balaban J connectivity index is 1.83. The van der Waals surface area contributed by atoms with E-state index in [0.29, 0.717) is 11.8 Å². The second-order valence-corrected chi connectivity index (χ2v) is 4.99. The van der Waals surface area contributed by atoms with Crippen molar-refractivity contribution in [3.63, 3.8) is 0 Å². The lowest BCUT2D eigenvalue weighted by Gasteiger charge is -2.22. The molecule has 1 N–H and O–H groups in total. The Hall–Kier alpha value is -1.14. The smallest absolute Gasteiger partial charge is 0.254 e. The van der Waals surface area contributed by atoms with Crippen LogP contribution in [-0.4, -0.2) is 43.7 Å². The largest absolute Gasteiger partial charge is 0.312 e. The van der Waals surface area contributed by atoms with E-state index >= 15 is 0 Å². The Bertz CT molecular complexity index is 477. The molecule has 1 unspecified atom stereocenters. The van der Waals surface area contributed by atoms with Crippen molar-refractivity contribution in [1.29, 1.82) is 0 Å². The third-order valence-corrected chi connectivity index (χ3v) is 3.82. The summed E-state index contributed by atoms with van der Waals surface area (Å²) >= 11 is 1.99. The molecule has 3 rings (SSSR count). The van der Waals surface area contributed by atoms with Gasteiger partial charge < -0.3 is 5.32 Å². The van der Waals surface area contributed by atoms with Gasteiger partial charge in [0.2, 0.25) is 0 Å². The van der Waals surface area contributed by atoms with Gasteiger partial charge in [-0.25, -0.2) is 4.98 Å². The fourth-order valence-corrected chi connectivity index (χ4v) is 2.85. The first-order chi connectivity index (χ1) is 7.93. The van der Waals surface area contributed by atoms with Crippen LogP contribution in [-0.2, 0) is 6.42 Å². The van der Waals surface area contributed by atoms with Crippen molar-refractivity contribution in [1.82, 2.24) is 24.9 Å². The number of thioether (sulfide) groups is 1. The molecule has 6 heteroatoms. The maximum atomic E-state index is 4.19. The number of nitrogens with one attached hydrogen (secondary N) is 1. The number of rotatable bonds is 2. The van der Waals surface area contributed by atoms with Crippen molar-refractivity contribution in [3.05, 3.63) is 24.3 Å². The molecule has 0 aromatic carbocycles. The van der Waals surface area contributed by atoms with E-state index in [0.717, 1.165) is 24.5 Å². The Morgan fingerprint density at radius 1 is 1.50 bits per heavy atom. The highest BCUT2D eigenvalue weighted by molar-refractivity contribution is 7.99. The zero-order valence-electron chi connectivity index (χ0n) is 8.83. The lowest BCUT2D eigenvalue weighted by molar-refractivity contribution is 0.548. The van der Waals surface area contributed by atoms with E-state index in [2.05, 4.69) is 20.5 Å². The molecule has 16 heavy (non-hydrogen) atoms. The molecule has 0 bridgehead atoms. The molecule has 1 saturated heterocycles. The van der Waals surface area contributed by atoms with E-state index in [1.54, 1.807) is 6.20 Å². The van der Waals surface area contributed by atoms with Crippen molar-refractivity contribution in [2.75, 3.05) is 18.1 Å². The van der Waals surface area contributed by atoms with Gasteiger partial charge in [0, 0.05) is 42.9 Å². The van der Waals surface area contributed by atoms with Gasteiger partial charge in [0.05, 0.1) is 0 Å². The monoisotopic (exact) mass is 235 g/mol. The molecule has 84 valence electrons. The molecule has 0 spiro atoms. The van der Waals surface area contributed by atoms with Gasteiger partial charge >= 0.3 is 0 Å². The van der Waals surface area contributed by atoms with Crippen LogP contribution in [0.4, 0.5) is 0 Å². The minimum Gasteiger partial charge on any atom is -0.312 e. The first-order valence-corrected chi connectivity index (χ1v) is 6.55. The normalized spacial score (nSPS) is 21.4. The van der Waals surface area contributed by atoms with Crippen LogP contribution in [0.2, 0.25) is 0 Å². The van der Waals surface area contributed by atoms with Crippen molar-refractivity contribution in [3.8, 4) is 0 Å². The van der Waals surface area contributed by atoms with Crippen LogP contribution in [0.25, 0.3) is 5.78 Å². The maximum Gasteiger partial charge on any atom is 0.254 e. The molecular formula is C10H13N5S. The minimum atomic E-state index is 0.506. The summed E-state index contributed by atoms with van der Waals surface area (Å²) in [7, 11) is 0. The highest BCUT2D eigenvalue weighted by Gasteiger charge is 2.16. The fourth-order valence-electron chi connectivity index (χ4n) is 1.90. The number of fused-ring (bicyclic) bond motifs is 1. The Labute approximate surface area is 97.7 Å². The fraction of sp³-hybridized carbons (Fsp3) is 0.500. The average Bonchev–Trinajstić information content (AvgIpc) is 2.74. The number of nitrogens with zero attached hydrogens (tertiary/aromatic N) is 4. The van der Waals surface area contributed by atoms with Gasteiger partial charge in [-0.1, -0.05) is 0 Å². The van der Waals surface area contributed by atoms with E-state index in [4.69, 9.17) is 0 Å². The molecule has 0 saturated carbocycles. The van der Waals surface area contributed by atoms with E-state index in [1.165, 1.54) is 5.75 Å². The van der Waals surface area contributed by atoms with E-state index < -0.39 is 0 Å². The molecule has 2 aromatic heterocycles. The molecule has 5 nitrogen and oxygen atoms in total. The van der Waals surface area contributed by atoms with Crippen molar-refractivity contribution < 1.29 is 0 Å². The lowest BCUT2D eigenvalue weighted by Crippen LogP contribution is -2.39. The third kappa shape index (κ3) is 1.90. The van der Waals surface area contributed by atoms with Gasteiger partial charge in [-0.05, 0) is 6.07 Å². The predicted octanol–water partition coefficient (Wildman–Crippen LogP) is 0.372. The van der Waals surface area contributed by atoms with Crippen LogP contribution in [0, 0.1) is 0 Å². The lowest BCUT2D eigenvalue weighted by atomic mass is 10.2. The molecule has 0 aliphatic carbocycles. The predicted molar refractivity (Wildman–Crippen MR) is 63.6 cm³/mol. The van der Waals surface area contributed by atoms with Crippen molar-refractivity contribution >= 4 is 17.5 Å². The first kappa shape index (κ1) is 10.0. The quantitative estimate of drug-likeness (QED) is 0.815. The topological polar surface area (TPSA) is 55.1 Å². The SMILES string of the molecule is c1cnc2nnc(CC3CSCCN3)n2c1. The molecule has 1 atom stereocenters. The Morgan fingerprint density at radius 3 is 3.38 bits per heavy atom. The van der Waals surface area contributed by atoms with Crippen LogP contribution >= 0.6 is 11.8 Å². The average molecular weight is 235 g/mol. The maximum absolute atomic E-state index is 4.19. The van der Waals surface area contributed by atoms with E-state index in [9.17, 15) is 0 Å². The first-order valence-electron chi connectivity index (χ1n) is 5.39. The summed E-state index contributed by atoms with van der Waals surface area (Å²) in [6.45, 7) is 1.09. The molecule has 0 radical (unpaired) electrons. The zero-order chi connectivity index (χ0) is 10.8. The van der Waals surface area contributed by atoms with E-state index in [-0.39, 0.29) is 0 Å². The zero-order valence-corrected chi connectivity index (χ0v) is 9.65.